The van der Waals surface area contributed by atoms with Gasteiger partial charge in [-0.05, 0) is 36.2 Å². The molecule has 1 N–H and O–H groups in total. The van der Waals surface area contributed by atoms with E-state index in [0.29, 0.717) is 54.3 Å². The fourth-order valence-corrected chi connectivity index (χ4v) is 3.16. The number of rotatable bonds is 5. The lowest BCUT2D eigenvalue weighted by Gasteiger charge is -2.26. The van der Waals surface area contributed by atoms with Crippen LogP contribution < -0.4 is 5.32 Å². The molecule has 0 saturated carbocycles. The Balaban J connectivity index is 1.58. The molecule has 1 aromatic heterocycles. The van der Waals surface area contributed by atoms with Gasteiger partial charge >= 0.3 is 0 Å². The summed E-state index contributed by atoms with van der Waals surface area (Å²) < 4.78 is 5.28. The van der Waals surface area contributed by atoms with E-state index in [1.807, 2.05) is 12.1 Å². The summed E-state index contributed by atoms with van der Waals surface area (Å²) in [5.74, 6) is 0.679. The molecule has 0 spiro atoms. The fourth-order valence-electron chi connectivity index (χ4n) is 2.66. The molecule has 1 saturated heterocycles. The van der Waals surface area contributed by atoms with E-state index in [-0.39, 0.29) is 5.91 Å². The van der Waals surface area contributed by atoms with E-state index in [1.54, 1.807) is 29.3 Å². The average molecular weight is 380 g/mol. The molecule has 0 unspecified atom stereocenters. The molecule has 7 heteroatoms. The molecule has 2 heterocycles. The lowest BCUT2D eigenvalue weighted by molar-refractivity contribution is 0.0303. The van der Waals surface area contributed by atoms with Crippen molar-refractivity contribution in [1.82, 2.24) is 9.88 Å². The van der Waals surface area contributed by atoms with Crippen LogP contribution in [0.3, 0.4) is 0 Å². The van der Waals surface area contributed by atoms with Crippen LogP contribution in [0, 0.1) is 0 Å². The highest BCUT2D eigenvalue weighted by molar-refractivity contribution is 6.35. The monoisotopic (exact) mass is 379 g/mol. The minimum atomic E-state index is 0.00879. The molecule has 5 nitrogen and oxygen atoms in total. The number of ether oxygens (including phenoxy) is 1. The van der Waals surface area contributed by atoms with Crippen molar-refractivity contribution in [2.45, 2.75) is 6.42 Å². The van der Waals surface area contributed by atoms with Gasteiger partial charge in [-0.15, -0.1) is 0 Å². The Labute approximate surface area is 156 Å². The van der Waals surface area contributed by atoms with Crippen molar-refractivity contribution in [2.24, 2.45) is 0 Å². The first kappa shape index (κ1) is 18.0. The summed E-state index contributed by atoms with van der Waals surface area (Å²) in [5, 5.41) is 4.51. The smallest absolute Gasteiger partial charge is 0.254 e. The number of amides is 1. The van der Waals surface area contributed by atoms with E-state index in [0.717, 1.165) is 12.0 Å². The Hall–Kier alpha value is -1.82. The van der Waals surface area contributed by atoms with E-state index >= 15 is 0 Å². The third kappa shape index (κ3) is 4.84. The zero-order chi connectivity index (χ0) is 17.6. The number of pyridine rings is 1. The summed E-state index contributed by atoms with van der Waals surface area (Å²) in [6.07, 6.45) is 2.38. The van der Waals surface area contributed by atoms with Crippen molar-refractivity contribution in [3.05, 3.63) is 57.7 Å². The molecule has 3 rings (SSSR count). The standard InChI is InChI=1S/C18H19Cl2N3O2/c19-15-2-1-13(16(20)12-15)3-5-21-17-11-14(4-6-22-17)18(24)23-7-9-25-10-8-23/h1-2,4,6,11-12H,3,5,7-10H2,(H,21,22). The topological polar surface area (TPSA) is 54.5 Å². The van der Waals surface area contributed by atoms with Crippen LogP contribution in [0.15, 0.2) is 36.5 Å². The lowest BCUT2D eigenvalue weighted by Crippen LogP contribution is -2.40. The molecule has 132 valence electrons. The molecule has 25 heavy (non-hydrogen) atoms. The quantitative estimate of drug-likeness (QED) is 0.863. The van der Waals surface area contributed by atoms with Crippen molar-refractivity contribution in [3.63, 3.8) is 0 Å². The minimum Gasteiger partial charge on any atom is -0.378 e. The molecular formula is C18H19Cl2N3O2. The van der Waals surface area contributed by atoms with Crippen molar-refractivity contribution in [1.29, 1.82) is 0 Å². The number of hydrogen-bond donors (Lipinski definition) is 1. The van der Waals surface area contributed by atoms with Gasteiger partial charge in [0.05, 0.1) is 13.2 Å². The third-order valence-corrected chi connectivity index (χ3v) is 4.61. The Morgan fingerprint density at radius 3 is 2.76 bits per heavy atom. The minimum absolute atomic E-state index is 0.00879. The number of hydrogen-bond acceptors (Lipinski definition) is 4. The van der Waals surface area contributed by atoms with E-state index < -0.39 is 0 Å². The average Bonchev–Trinajstić information content (AvgIpc) is 2.64. The number of carbonyl (C=O) groups excluding carboxylic acids is 1. The van der Waals surface area contributed by atoms with Crippen molar-refractivity contribution in [3.8, 4) is 0 Å². The summed E-state index contributed by atoms with van der Waals surface area (Å²) in [6.45, 7) is 3.08. The number of benzene rings is 1. The normalized spacial score (nSPS) is 14.4. The first-order valence-corrected chi connectivity index (χ1v) is 8.90. The molecule has 1 amide bonds. The molecule has 0 bridgehead atoms. The predicted octanol–water partition coefficient (Wildman–Crippen LogP) is 3.52. The molecule has 0 atom stereocenters. The summed E-state index contributed by atoms with van der Waals surface area (Å²) in [5.41, 5.74) is 1.64. The largest absolute Gasteiger partial charge is 0.378 e. The van der Waals surface area contributed by atoms with Gasteiger partial charge in [0.1, 0.15) is 5.82 Å². The molecule has 0 aliphatic carbocycles. The first-order chi connectivity index (χ1) is 12.1. The predicted molar refractivity (Wildman–Crippen MR) is 99.6 cm³/mol. The maximum absolute atomic E-state index is 12.5. The number of aromatic nitrogens is 1. The van der Waals surface area contributed by atoms with Crippen molar-refractivity contribution >= 4 is 34.9 Å². The SMILES string of the molecule is O=C(c1ccnc(NCCc2ccc(Cl)cc2Cl)c1)N1CCOCC1. The Morgan fingerprint density at radius 2 is 2.00 bits per heavy atom. The maximum atomic E-state index is 12.5. The van der Waals surface area contributed by atoms with Gasteiger partial charge in [0.25, 0.3) is 5.91 Å². The van der Waals surface area contributed by atoms with E-state index in [4.69, 9.17) is 27.9 Å². The summed E-state index contributed by atoms with van der Waals surface area (Å²) >= 11 is 12.1. The van der Waals surface area contributed by atoms with Gasteiger partial charge in [0.2, 0.25) is 0 Å². The van der Waals surface area contributed by atoms with Gasteiger partial charge < -0.3 is 15.0 Å². The van der Waals surface area contributed by atoms with Crippen LogP contribution in [0.2, 0.25) is 10.0 Å². The van der Waals surface area contributed by atoms with E-state index in [2.05, 4.69) is 10.3 Å². The molecule has 1 fully saturated rings. The van der Waals surface area contributed by atoms with Crippen LogP contribution >= 0.6 is 23.2 Å². The zero-order valence-corrected chi connectivity index (χ0v) is 15.2. The highest BCUT2D eigenvalue weighted by atomic mass is 35.5. The summed E-state index contributed by atoms with van der Waals surface area (Å²) in [4.78, 5) is 18.6. The zero-order valence-electron chi connectivity index (χ0n) is 13.7. The summed E-state index contributed by atoms with van der Waals surface area (Å²) in [7, 11) is 0. The molecule has 1 aromatic carbocycles. The van der Waals surface area contributed by atoms with Crippen LogP contribution in [-0.4, -0.2) is 48.6 Å². The second kappa shape index (κ2) is 8.52. The Morgan fingerprint density at radius 1 is 1.20 bits per heavy atom. The second-order valence-corrected chi connectivity index (χ2v) is 6.59. The third-order valence-electron chi connectivity index (χ3n) is 4.02. The molecule has 0 radical (unpaired) electrons. The number of anilines is 1. The van der Waals surface area contributed by atoms with Gasteiger partial charge in [-0.25, -0.2) is 4.98 Å². The fraction of sp³-hybridized carbons (Fsp3) is 0.333. The lowest BCUT2D eigenvalue weighted by atomic mass is 10.1. The molecule has 2 aromatic rings. The number of nitrogens with zero attached hydrogens (tertiary/aromatic N) is 2. The first-order valence-electron chi connectivity index (χ1n) is 8.14. The number of nitrogens with one attached hydrogen (secondary N) is 1. The van der Waals surface area contributed by atoms with Gasteiger partial charge in [-0.2, -0.15) is 0 Å². The molecule has 1 aliphatic rings. The van der Waals surface area contributed by atoms with Gasteiger partial charge in [0, 0.05) is 41.4 Å². The number of morpholine rings is 1. The van der Waals surface area contributed by atoms with Crippen LogP contribution in [0.1, 0.15) is 15.9 Å². The molecular weight excluding hydrogens is 361 g/mol. The van der Waals surface area contributed by atoms with E-state index in [9.17, 15) is 4.79 Å². The van der Waals surface area contributed by atoms with Crippen molar-refractivity contribution in [2.75, 3.05) is 38.2 Å². The van der Waals surface area contributed by atoms with Crippen LogP contribution in [0.5, 0.6) is 0 Å². The van der Waals surface area contributed by atoms with Crippen LogP contribution in [0.4, 0.5) is 5.82 Å². The maximum Gasteiger partial charge on any atom is 0.254 e. The van der Waals surface area contributed by atoms with Gasteiger partial charge in [-0.3, -0.25) is 4.79 Å². The highest BCUT2D eigenvalue weighted by Gasteiger charge is 2.18. The summed E-state index contributed by atoms with van der Waals surface area (Å²) in [6, 6.07) is 8.99. The van der Waals surface area contributed by atoms with Crippen LogP contribution in [0.25, 0.3) is 0 Å². The Kier molecular flexibility index (Phi) is 6.13. The second-order valence-electron chi connectivity index (χ2n) is 5.75. The van der Waals surface area contributed by atoms with Gasteiger partial charge in [-0.1, -0.05) is 29.3 Å². The number of halogens is 2. The highest BCUT2D eigenvalue weighted by Crippen LogP contribution is 2.21. The number of carbonyl (C=O) groups is 1. The molecule has 1 aliphatic heterocycles. The van der Waals surface area contributed by atoms with Gasteiger partial charge in [0.15, 0.2) is 0 Å². The Bertz CT molecular complexity index is 749. The van der Waals surface area contributed by atoms with Crippen LogP contribution in [-0.2, 0) is 11.2 Å². The van der Waals surface area contributed by atoms with E-state index in [1.165, 1.54) is 0 Å². The van der Waals surface area contributed by atoms with Crippen molar-refractivity contribution < 1.29 is 9.53 Å².